The van der Waals surface area contributed by atoms with Gasteiger partial charge in [0.05, 0.1) is 44.2 Å². The zero-order valence-electron chi connectivity index (χ0n) is 33.7. The fourth-order valence-corrected chi connectivity index (χ4v) is 5.57. The standard InChI is InChI=1S/C34H32N8O2.2C5H8O2.ClH.Co/c43-33(23-9-5-15-29-31(23)41-27-13-3-1-11-25(27)39-29)37-19-7-17-35-21-22-36-18-8-20-38-34(44)24-10-6-16-30-32(24)42-28-14-4-2-12-26(28)40-30;2*1-4(6)3-5(2)7;;/h1-6,9-16H,7-8,17-22H2,(H,37,43)(H,38,44);2*3,6H,1-2H3;1H;/q-2;;;;+3/p-3/b;2*4-3-;;. The van der Waals surface area contributed by atoms with Gasteiger partial charge in [0, 0.05) is 13.1 Å². The second-order valence-electron chi connectivity index (χ2n) is 13.1. The van der Waals surface area contributed by atoms with E-state index in [1.165, 1.54) is 27.7 Å². The van der Waals surface area contributed by atoms with Crippen LogP contribution in [0.25, 0.3) is 54.8 Å². The van der Waals surface area contributed by atoms with E-state index in [0.717, 1.165) is 47.1 Å². The van der Waals surface area contributed by atoms with Gasteiger partial charge in [0.25, 0.3) is 11.8 Å². The summed E-state index contributed by atoms with van der Waals surface area (Å²) in [5.74, 6) is -1.08. The van der Waals surface area contributed by atoms with Gasteiger partial charge in [0.2, 0.25) is 0 Å². The molecule has 0 fully saturated rings. The maximum absolute atomic E-state index is 12.8. The summed E-state index contributed by atoms with van der Waals surface area (Å²) in [6.07, 6.45) is 3.59. The largest absolute Gasteiger partial charge is 3.00 e. The second kappa shape index (κ2) is 26.3. The van der Waals surface area contributed by atoms with Gasteiger partial charge in [-0.1, -0.05) is 63.1 Å². The number of hydrogen-bond acceptors (Lipinski definition) is 10. The predicted octanol–water partition coefficient (Wildman–Crippen LogP) is 2.25. The number of carbonyl (C=O) groups excluding carboxylic acids is 4. The summed E-state index contributed by atoms with van der Waals surface area (Å²) in [7, 11) is 0. The second-order valence-corrected chi connectivity index (χ2v) is 13.1. The Morgan fingerprint density at radius 2 is 0.850 bits per heavy atom. The van der Waals surface area contributed by atoms with Crippen LogP contribution in [0.2, 0.25) is 0 Å². The van der Waals surface area contributed by atoms with Crippen LogP contribution in [-0.4, -0.2) is 82.6 Å². The quantitative estimate of drug-likeness (QED) is 0.0664. The molecule has 4 aromatic carbocycles. The molecule has 316 valence electrons. The Bertz CT molecular complexity index is 2270. The first-order valence-corrected chi connectivity index (χ1v) is 18.8. The number of benzene rings is 4. The smallest absolute Gasteiger partial charge is 1.00 e. The topological polar surface area (TPSA) is 218 Å². The van der Waals surface area contributed by atoms with Crippen LogP contribution < -0.4 is 33.3 Å². The van der Waals surface area contributed by atoms with Crippen LogP contribution in [0.5, 0.6) is 0 Å². The molecule has 0 saturated carbocycles. The molecule has 0 aliphatic carbocycles. The number of rotatable bonds is 15. The minimum Gasteiger partial charge on any atom is -1.00 e. The molecule has 0 saturated heterocycles. The van der Waals surface area contributed by atoms with Crippen molar-refractivity contribution >= 4 is 67.5 Å². The molecule has 0 radical (unpaired) electrons. The monoisotopic (exact) mass is 876 g/mol. The van der Waals surface area contributed by atoms with Crippen molar-refractivity contribution in [1.82, 2.24) is 30.6 Å². The number of fused-ring (bicyclic) bond motifs is 4. The van der Waals surface area contributed by atoms with Gasteiger partial charge >= 0.3 is 16.8 Å². The van der Waals surface area contributed by atoms with Gasteiger partial charge in [-0.15, -0.1) is 24.6 Å². The van der Waals surface area contributed by atoms with Crippen molar-refractivity contribution in [2.75, 3.05) is 39.3 Å². The molecule has 6 rings (SSSR count). The van der Waals surface area contributed by atoms with Crippen molar-refractivity contribution in [1.29, 1.82) is 0 Å². The number of halogens is 1. The summed E-state index contributed by atoms with van der Waals surface area (Å²) >= 11 is 0. The third-order valence-electron chi connectivity index (χ3n) is 8.01. The molecule has 0 unspecified atom stereocenters. The third-order valence-corrected chi connectivity index (χ3v) is 8.01. The molecule has 2 amide bonds. The minimum atomic E-state index is -0.187. The van der Waals surface area contributed by atoms with E-state index >= 15 is 0 Å². The van der Waals surface area contributed by atoms with Gasteiger partial charge in [0.15, 0.2) is 11.6 Å². The zero-order valence-corrected chi connectivity index (χ0v) is 35.5. The number of para-hydroxylation sites is 6. The zero-order chi connectivity index (χ0) is 41.9. The maximum atomic E-state index is 12.8. The molecule has 2 aromatic heterocycles. The van der Waals surface area contributed by atoms with E-state index in [9.17, 15) is 29.4 Å². The Labute approximate surface area is 365 Å². The summed E-state index contributed by atoms with van der Waals surface area (Å²) in [4.78, 5) is 64.2. The van der Waals surface area contributed by atoms with Crippen molar-refractivity contribution in [2.45, 2.75) is 40.5 Å². The van der Waals surface area contributed by atoms with E-state index in [1.54, 1.807) is 12.1 Å². The predicted molar refractivity (Wildman–Crippen MR) is 223 cm³/mol. The Morgan fingerprint density at radius 1 is 0.517 bits per heavy atom. The molecular formula is C44H46ClCoN8O6-2. The molecule has 16 heteroatoms. The van der Waals surface area contributed by atoms with E-state index < -0.39 is 0 Å². The van der Waals surface area contributed by atoms with Crippen LogP contribution in [-0.2, 0) is 26.4 Å². The molecule has 2 N–H and O–H groups in total. The number of allylic oxidation sites excluding steroid dienone is 4. The number of amides is 2. The summed E-state index contributed by atoms with van der Waals surface area (Å²) in [6.45, 7) is 9.00. The number of nitrogens with zero attached hydrogens (tertiary/aromatic N) is 6. The van der Waals surface area contributed by atoms with Crippen molar-refractivity contribution in [3.8, 4) is 0 Å². The molecule has 0 aliphatic rings. The van der Waals surface area contributed by atoms with Crippen LogP contribution in [0, 0.1) is 0 Å². The fourth-order valence-electron chi connectivity index (χ4n) is 5.57. The van der Waals surface area contributed by atoms with Crippen molar-refractivity contribution in [3.05, 3.63) is 130 Å². The fraction of sp³-hybridized carbons (Fsp3) is 0.273. The van der Waals surface area contributed by atoms with Gasteiger partial charge < -0.3 is 43.9 Å². The van der Waals surface area contributed by atoms with Crippen molar-refractivity contribution in [3.63, 3.8) is 0 Å². The summed E-state index contributed by atoms with van der Waals surface area (Å²) < 4.78 is 0. The summed E-state index contributed by atoms with van der Waals surface area (Å²) in [5, 5.41) is 34.9. The van der Waals surface area contributed by atoms with Gasteiger partial charge in [-0.2, -0.15) is 13.1 Å². The van der Waals surface area contributed by atoms with E-state index in [1.807, 2.05) is 72.8 Å². The average Bonchev–Trinajstić information content (AvgIpc) is 3.18. The minimum absolute atomic E-state index is 0. The first-order valence-electron chi connectivity index (χ1n) is 18.8. The molecule has 0 spiro atoms. The maximum Gasteiger partial charge on any atom is 3.00 e. The number of nitrogens with one attached hydrogen (secondary N) is 2. The van der Waals surface area contributed by atoms with Crippen molar-refractivity contribution in [2.24, 2.45) is 0 Å². The molecule has 14 nitrogen and oxygen atoms in total. The number of carbonyl (C=O) groups is 4. The van der Waals surface area contributed by atoms with Gasteiger partial charge in [0.1, 0.15) is 11.0 Å². The third kappa shape index (κ3) is 16.4. The number of hydrogen-bond donors (Lipinski definition) is 2. The summed E-state index contributed by atoms with van der Waals surface area (Å²) in [5.41, 5.74) is 6.78. The molecule has 6 aromatic rings. The SMILES string of the molecule is CC(=O)/C=C(/C)[O-].CC(=O)/C=C(/C)[O-].O=C(NCCC[N-]CC[N-]CCCNC(=O)c1cccc2nc3ccccc3nc12)c1cccc2nc3ccccc3nc12.[Cl-].[Co+3]. The molecule has 60 heavy (non-hydrogen) atoms. The normalized spacial score (nSPS) is 11.0. The Balaban J connectivity index is 0.000000669. The number of ketones is 2. The molecule has 0 atom stereocenters. The van der Waals surface area contributed by atoms with E-state index in [2.05, 4.69) is 41.2 Å². The van der Waals surface area contributed by atoms with Crippen molar-refractivity contribution < 1.29 is 58.6 Å². The van der Waals surface area contributed by atoms with Gasteiger partial charge in [-0.3, -0.25) is 19.2 Å². The van der Waals surface area contributed by atoms with Gasteiger partial charge in [-0.05, 0) is 74.5 Å². The molecule has 2 heterocycles. The number of aromatic nitrogens is 4. The van der Waals surface area contributed by atoms with Crippen LogP contribution in [0.3, 0.4) is 0 Å². The first kappa shape index (κ1) is 50.3. The molecule has 0 bridgehead atoms. The Kier molecular flexibility index (Phi) is 22.0. The first-order chi connectivity index (χ1) is 27.9. The molecule has 0 aliphatic heterocycles. The Hall–Kier alpha value is -5.84. The van der Waals surface area contributed by atoms with E-state index in [4.69, 9.17) is 0 Å². The molecular weight excluding hydrogens is 831 g/mol. The van der Waals surface area contributed by atoms with E-state index in [0.29, 0.717) is 72.5 Å². The van der Waals surface area contributed by atoms with Gasteiger partial charge in [-0.25, -0.2) is 19.9 Å². The van der Waals surface area contributed by atoms with Crippen LogP contribution in [0.1, 0.15) is 61.3 Å². The summed E-state index contributed by atoms with van der Waals surface area (Å²) in [6, 6.07) is 26.2. The van der Waals surface area contributed by atoms with Crippen LogP contribution in [0.4, 0.5) is 0 Å². The van der Waals surface area contributed by atoms with E-state index in [-0.39, 0.29) is 64.1 Å². The van der Waals surface area contributed by atoms with Crippen LogP contribution in [0.15, 0.2) is 109 Å². The average molecular weight is 877 g/mol. The van der Waals surface area contributed by atoms with Crippen LogP contribution >= 0.6 is 0 Å². The Morgan fingerprint density at radius 3 is 1.17 bits per heavy atom.